The van der Waals surface area contributed by atoms with Gasteiger partial charge in [-0.1, -0.05) is 33.6 Å². The number of hydrogen-bond donors (Lipinski definition) is 2. The third-order valence-corrected chi connectivity index (χ3v) is 3.97. The lowest BCUT2D eigenvalue weighted by Gasteiger charge is -2.38. The fourth-order valence-corrected chi connectivity index (χ4v) is 2.28. The monoisotopic (exact) mass is 212 g/mol. The predicted octanol–water partition coefficient (Wildman–Crippen LogP) is 2.53. The van der Waals surface area contributed by atoms with Crippen molar-refractivity contribution in [1.82, 2.24) is 5.32 Å². The molecule has 1 fully saturated rings. The van der Waals surface area contributed by atoms with Gasteiger partial charge in [-0.15, -0.1) is 0 Å². The second kappa shape index (κ2) is 5.31. The van der Waals surface area contributed by atoms with Crippen LogP contribution in [-0.4, -0.2) is 18.6 Å². The van der Waals surface area contributed by atoms with Crippen LogP contribution in [0.25, 0.3) is 0 Å². The molecular weight excluding hydrogens is 184 g/mol. The molecule has 0 saturated heterocycles. The fraction of sp³-hybridized carbons (Fsp3) is 1.00. The van der Waals surface area contributed by atoms with Crippen LogP contribution < -0.4 is 11.1 Å². The van der Waals surface area contributed by atoms with Gasteiger partial charge >= 0.3 is 0 Å². The summed E-state index contributed by atoms with van der Waals surface area (Å²) < 4.78 is 0. The van der Waals surface area contributed by atoms with Crippen molar-refractivity contribution in [3.63, 3.8) is 0 Å². The summed E-state index contributed by atoms with van der Waals surface area (Å²) in [5, 5.41) is 3.78. The molecule has 0 heterocycles. The van der Waals surface area contributed by atoms with Gasteiger partial charge in [0.2, 0.25) is 0 Å². The Morgan fingerprint density at radius 3 is 2.40 bits per heavy atom. The first-order valence-electron chi connectivity index (χ1n) is 6.41. The highest BCUT2D eigenvalue weighted by Gasteiger charge is 2.28. The first kappa shape index (κ1) is 13.0. The van der Waals surface area contributed by atoms with E-state index < -0.39 is 0 Å². The van der Waals surface area contributed by atoms with E-state index >= 15 is 0 Å². The van der Waals surface area contributed by atoms with Crippen molar-refractivity contribution in [2.24, 2.45) is 17.1 Å². The molecule has 2 nitrogen and oxygen atoms in total. The number of nitrogens with one attached hydrogen (secondary N) is 1. The Morgan fingerprint density at radius 2 is 1.87 bits per heavy atom. The van der Waals surface area contributed by atoms with Crippen LogP contribution >= 0.6 is 0 Å². The molecule has 0 spiro atoms. The van der Waals surface area contributed by atoms with Gasteiger partial charge in [0, 0.05) is 12.1 Å². The average molecular weight is 212 g/mol. The Bertz CT molecular complexity index is 183. The third-order valence-electron chi connectivity index (χ3n) is 3.97. The van der Waals surface area contributed by atoms with Gasteiger partial charge in [0.25, 0.3) is 0 Å². The van der Waals surface area contributed by atoms with E-state index in [0.29, 0.717) is 23.4 Å². The highest BCUT2D eigenvalue weighted by atomic mass is 15.0. The zero-order chi connectivity index (χ0) is 11.5. The van der Waals surface area contributed by atoms with Gasteiger partial charge in [-0.2, -0.15) is 0 Å². The van der Waals surface area contributed by atoms with Crippen LogP contribution in [0, 0.1) is 11.3 Å². The maximum atomic E-state index is 5.84. The number of nitrogens with two attached hydrogens (primary N) is 1. The van der Waals surface area contributed by atoms with Gasteiger partial charge in [0.15, 0.2) is 0 Å². The van der Waals surface area contributed by atoms with Gasteiger partial charge in [0.1, 0.15) is 0 Å². The second-order valence-electron chi connectivity index (χ2n) is 6.14. The van der Waals surface area contributed by atoms with Crippen molar-refractivity contribution in [2.45, 2.75) is 65.5 Å². The minimum atomic E-state index is 0.344. The molecule has 3 N–H and O–H groups in total. The Hall–Kier alpha value is -0.0800. The summed E-state index contributed by atoms with van der Waals surface area (Å²) in [6.45, 7) is 10.0. The topological polar surface area (TPSA) is 38.0 Å². The Morgan fingerprint density at radius 1 is 1.27 bits per heavy atom. The average Bonchev–Trinajstić information content (AvgIpc) is 2.17. The lowest BCUT2D eigenvalue weighted by molar-refractivity contribution is 0.196. The standard InChI is InChI=1S/C13H28N2/c1-10(13(2,3)4)15-12-8-6-5-7-11(12)9-14/h10-12,15H,5-9,14H2,1-4H3. The maximum absolute atomic E-state index is 5.84. The largest absolute Gasteiger partial charge is 0.330 e. The van der Waals surface area contributed by atoms with Crippen molar-refractivity contribution in [2.75, 3.05) is 6.54 Å². The van der Waals surface area contributed by atoms with Crippen LogP contribution in [0.4, 0.5) is 0 Å². The lowest BCUT2D eigenvalue weighted by atomic mass is 9.81. The zero-order valence-electron chi connectivity index (χ0n) is 10.8. The molecule has 1 saturated carbocycles. The van der Waals surface area contributed by atoms with E-state index in [9.17, 15) is 0 Å². The van der Waals surface area contributed by atoms with E-state index in [-0.39, 0.29) is 0 Å². The van der Waals surface area contributed by atoms with Gasteiger partial charge in [-0.25, -0.2) is 0 Å². The molecule has 0 radical (unpaired) electrons. The smallest absolute Gasteiger partial charge is 0.0110 e. The third kappa shape index (κ3) is 3.76. The number of hydrogen-bond acceptors (Lipinski definition) is 2. The van der Waals surface area contributed by atoms with Crippen LogP contribution in [0.3, 0.4) is 0 Å². The molecule has 2 heteroatoms. The molecule has 3 atom stereocenters. The zero-order valence-corrected chi connectivity index (χ0v) is 10.8. The van der Waals surface area contributed by atoms with Crippen molar-refractivity contribution >= 4 is 0 Å². The summed E-state index contributed by atoms with van der Waals surface area (Å²) in [6.07, 6.45) is 5.35. The highest BCUT2D eigenvalue weighted by Crippen LogP contribution is 2.26. The molecule has 1 aliphatic rings. The molecule has 90 valence electrons. The van der Waals surface area contributed by atoms with E-state index in [0.717, 1.165) is 6.54 Å². The fourth-order valence-electron chi connectivity index (χ4n) is 2.28. The molecule has 0 aliphatic heterocycles. The maximum Gasteiger partial charge on any atom is 0.0110 e. The summed E-state index contributed by atoms with van der Waals surface area (Å²) >= 11 is 0. The molecule has 0 aromatic heterocycles. The van der Waals surface area contributed by atoms with E-state index in [2.05, 4.69) is 33.0 Å². The van der Waals surface area contributed by atoms with Crippen LogP contribution in [-0.2, 0) is 0 Å². The quantitative estimate of drug-likeness (QED) is 0.754. The normalized spacial score (nSPS) is 30.2. The first-order valence-corrected chi connectivity index (χ1v) is 6.41. The van der Waals surface area contributed by atoms with Crippen molar-refractivity contribution in [1.29, 1.82) is 0 Å². The van der Waals surface area contributed by atoms with Gasteiger partial charge in [-0.05, 0) is 37.6 Å². The molecule has 0 aromatic carbocycles. The van der Waals surface area contributed by atoms with Crippen LogP contribution in [0.2, 0.25) is 0 Å². The van der Waals surface area contributed by atoms with Gasteiger partial charge < -0.3 is 11.1 Å². The summed E-state index contributed by atoms with van der Waals surface area (Å²) in [5.74, 6) is 0.698. The molecule has 0 bridgehead atoms. The summed E-state index contributed by atoms with van der Waals surface area (Å²) in [4.78, 5) is 0. The second-order valence-corrected chi connectivity index (χ2v) is 6.14. The molecular formula is C13H28N2. The van der Waals surface area contributed by atoms with Crippen molar-refractivity contribution in [3.8, 4) is 0 Å². The highest BCUT2D eigenvalue weighted by molar-refractivity contribution is 4.86. The van der Waals surface area contributed by atoms with Crippen LogP contribution in [0.15, 0.2) is 0 Å². The minimum Gasteiger partial charge on any atom is -0.330 e. The molecule has 1 aliphatic carbocycles. The van der Waals surface area contributed by atoms with Crippen LogP contribution in [0.1, 0.15) is 53.4 Å². The SMILES string of the molecule is CC(NC1CCCCC1CN)C(C)(C)C. The summed E-state index contributed by atoms with van der Waals surface area (Å²) in [5.41, 5.74) is 6.18. The van der Waals surface area contributed by atoms with Gasteiger partial charge in [-0.3, -0.25) is 0 Å². The molecule has 15 heavy (non-hydrogen) atoms. The first-order chi connectivity index (χ1) is 6.95. The van der Waals surface area contributed by atoms with Crippen molar-refractivity contribution < 1.29 is 0 Å². The minimum absolute atomic E-state index is 0.344. The van der Waals surface area contributed by atoms with E-state index in [1.807, 2.05) is 0 Å². The van der Waals surface area contributed by atoms with Gasteiger partial charge in [0.05, 0.1) is 0 Å². The molecule has 1 rings (SSSR count). The Labute approximate surface area is 95.0 Å². The van der Waals surface area contributed by atoms with Crippen molar-refractivity contribution in [3.05, 3.63) is 0 Å². The molecule has 3 unspecified atom stereocenters. The molecule has 0 aromatic rings. The number of rotatable bonds is 3. The Kier molecular flexibility index (Phi) is 4.60. The Balaban J connectivity index is 2.48. The van der Waals surface area contributed by atoms with E-state index in [1.54, 1.807) is 0 Å². The lowest BCUT2D eigenvalue weighted by Crippen LogP contribution is -2.49. The van der Waals surface area contributed by atoms with E-state index in [1.165, 1.54) is 25.7 Å². The predicted molar refractivity (Wildman–Crippen MR) is 66.9 cm³/mol. The van der Waals surface area contributed by atoms with Crippen LogP contribution in [0.5, 0.6) is 0 Å². The van der Waals surface area contributed by atoms with E-state index in [4.69, 9.17) is 5.73 Å². The summed E-state index contributed by atoms with van der Waals surface area (Å²) in [6, 6.07) is 1.22. The molecule has 0 amide bonds. The summed E-state index contributed by atoms with van der Waals surface area (Å²) in [7, 11) is 0.